The fraction of sp³-hybridized carbons (Fsp3) is 0.435. The number of rotatable bonds is 8. The van der Waals surface area contributed by atoms with E-state index in [0.29, 0.717) is 61.8 Å². The largest absolute Gasteiger partial charge is 0.493 e. The van der Waals surface area contributed by atoms with Gasteiger partial charge in [0.05, 0.1) is 26.9 Å². The predicted octanol–water partition coefficient (Wildman–Crippen LogP) is 2.56. The van der Waals surface area contributed by atoms with Gasteiger partial charge in [0.15, 0.2) is 11.5 Å². The Balaban J connectivity index is 1.52. The number of carbonyl (C=O) groups excluding carboxylic acids is 1. The molecule has 0 radical (unpaired) electrons. The normalized spacial score (nSPS) is 15.9. The minimum absolute atomic E-state index is 0.237. The zero-order valence-corrected chi connectivity index (χ0v) is 18.1. The molecule has 1 saturated heterocycles. The molecular weight excluding hydrogens is 403 g/mol. The van der Waals surface area contributed by atoms with Crippen LogP contribution in [0.25, 0.3) is 0 Å². The van der Waals surface area contributed by atoms with Crippen LogP contribution in [0.15, 0.2) is 36.4 Å². The molecule has 2 N–H and O–H groups in total. The van der Waals surface area contributed by atoms with Crippen molar-refractivity contribution < 1.29 is 28.5 Å². The van der Waals surface area contributed by atoms with Gasteiger partial charge in [0, 0.05) is 31.7 Å². The zero-order valence-electron chi connectivity index (χ0n) is 18.1. The summed E-state index contributed by atoms with van der Waals surface area (Å²) in [5, 5.41) is 13.8. The lowest BCUT2D eigenvalue weighted by Gasteiger charge is -2.38. The molecule has 1 heterocycles. The number of carbonyl (C=O) groups is 1. The number of hydrogen-bond donors (Lipinski definition) is 2. The van der Waals surface area contributed by atoms with Gasteiger partial charge >= 0.3 is 0 Å². The summed E-state index contributed by atoms with van der Waals surface area (Å²) in [6.45, 7) is 2.50. The third-order valence-electron chi connectivity index (χ3n) is 5.71. The van der Waals surface area contributed by atoms with Crippen molar-refractivity contribution in [3.8, 4) is 17.2 Å². The average Bonchev–Trinajstić information content (AvgIpc) is 2.79. The standard InChI is InChI=1S/C23H29FN2O5/c1-29-19-14-16(15-20(30-2)21(19)31-3)22(27)25-10-13-26-11-8-23(28,9-12-26)17-4-6-18(24)7-5-17/h4-7,14-15,28H,8-13H2,1-3H3,(H,25,27). The Hall–Kier alpha value is -2.84. The summed E-state index contributed by atoms with van der Waals surface area (Å²) in [5.41, 5.74) is 0.215. The SMILES string of the molecule is COc1cc(C(=O)NCCN2CCC(O)(c3ccc(F)cc3)CC2)cc(OC)c1OC. The second-order valence-electron chi connectivity index (χ2n) is 7.55. The highest BCUT2D eigenvalue weighted by Gasteiger charge is 2.33. The second kappa shape index (κ2) is 9.98. The van der Waals surface area contributed by atoms with Gasteiger partial charge in [0.1, 0.15) is 5.82 Å². The highest BCUT2D eigenvalue weighted by Crippen LogP contribution is 2.38. The van der Waals surface area contributed by atoms with Crippen LogP contribution in [0, 0.1) is 5.82 Å². The van der Waals surface area contributed by atoms with Gasteiger partial charge in [-0.15, -0.1) is 0 Å². The summed E-state index contributed by atoms with van der Waals surface area (Å²) >= 11 is 0. The van der Waals surface area contributed by atoms with E-state index in [1.165, 1.54) is 33.5 Å². The first-order valence-corrected chi connectivity index (χ1v) is 10.2. The minimum Gasteiger partial charge on any atom is -0.493 e. The van der Waals surface area contributed by atoms with Crippen LogP contribution in [0.5, 0.6) is 17.2 Å². The van der Waals surface area contributed by atoms with Crippen molar-refractivity contribution in [1.29, 1.82) is 0 Å². The summed E-state index contributed by atoms with van der Waals surface area (Å²) in [7, 11) is 4.51. The van der Waals surface area contributed by atoms with Crippen molar-refractivity contribution in [3.63, 3.8) is 0 Å². The van der Waals surface area contributed by atoms with Crippen molar-refractivity contribution in [3.05, 3.63) is 53.3 Å². The number of halogens is 1. The Bertz CT molecular complexity index is 870. The number of ether oxygens (including phenoxy) is 3. The highest BCUT2D eigenvalue weighted by molar-refractivity contribution is 5.95. The van der Waals surface area contributed by atoms with Crippen molar-refractivity contribution in [2.75, 3.05) is 47.5 Å². The van der Waals surface area contributed by atoms with Gasteiger partial charge in [-0.3, -0.25) is 4.79 Å². The van der Waals surface area contributed by atoms with E-state index in [4.69, 9.17) is 14.2 Å². The van der Waals surface area contributed by atoms with Gasteiger partial charge in [-0.2, -0.15) is 0 Å². The van der Waals surface area contributed by atoms with Crippen LogP contribution >= 0.6 is 0 Å². The molecule has 7 nitrogen and oxygen atoms in total. The molecule has 0 saturated carbocycles. The molecule has 1 fully saturated rings. The molecule has 1 aliphatic heterocycles. The number of aliphatic hydroxyl groups is 1. The molecule has 0 atom stereocenters. The smallest absolute Gasteiger partial charge is 0.251 e. The van der Waals surface area contributed by atoms with Crippen LogP contribution in [0.3, 0.4) is 0 Å². The van der Waals surface area contributed by atoms with E-state index >= 15 is 0 Å². The summed E-state index contributed by atoms with van der Waals surface area (Å²) < 4.78 is 29.0. The number of amides is 1. The quantitative estimate of drug-likeness (QED) is 0.668. The molecule has 1 aliphatic rings. The first-order chi connectivity index (χ1) is 14.9. The van der Waals surface area contributed by atoms with Crippen molar-refractivity contribution >= 4 is 5.91 Å². The Morgan fingerprint density at radius 2 is 1.65 bits per heavy atom. The van der Waals surface area contributed by atoms with Gasteiger partial charge in [-0.1, -0.05) is 12.1 Å². The third-order valence-corrected chi connectivity index (χ3v) is 5.71. The number of nitrogens with zero attached hydrogens (tertiary/aromatic N) is 1. The van der Waals surface area contributed by atoms with Gasteiger partial charge in [0.2, 0.25) is 5.75 Å². The van der Waals surface area contributed by atoms with Crippen LogP contribution in [0.2, 0.25) is 0 Å². The van der Waals surface area contributed by atoms with E-state index < -0.39 is 5.60 Å². The van der Waals surface area contributed by atoms with Gasteiger partial charge in [-0.25, -0.2) is 4.39 Å². The molecule has 1 amide bonds. The molecule has 2 aromatic rings. The van der Waals surface area contributed by atoms with Crippen LogP contribution in [0.4, 0.5) is 4.39 Å². The molecule has 2 aromatic carbocycles. The lowest BCUT2D eigenvalue weighted by molar-refractivity contribution is -0.0255. The lowest BCUT2D eigenvalue weighted by atomic mass is 9.84. The molecule has 3 rings (SSSR count). The van der Waals surface area contributed by atoms with Crippen LogP contribution in [-0.2, 0) is 5.60 Å². The molecule has 0 unspecified atom stereocenters. The number of nitrogens with one attached hydrogen (secondary N) is 1. The van der Waals surface area contributed by atoms with E-state index in [-0.39, 0.29) is 11.7 Å². The first kappa shape index (κ1) is 22.8. The summed E-state index contributed by atoms with van der Waals surface area (Å²) in [5.74, 6) is 0.724. The Labute approximate surface area is 181 Å². The second-order valence-corrected chi connectivity index (χ2v) is 7.55. The maximum Gasteiger partial charge on any atom is 0.251 e. The van der Waals surface area contributed by atoms with Crippen LogP contribution in [0.1, 0.15) is 28.8 Å². The number of methoxy groups -OCH3 is 3. The zero-order chi connectivity index (χ0) is 22.4. The third kappa shape index (κ3) is 5.26. The Morgan fingerprint density at radius 1 is 1.06 bits per heavy atom. The highest BCUT2D eigenvalue weighted by atomic mass is 19.1. The fourth-order valence-corrected chi connectivity index (χ4v) is 3.84. The maximum atomic E-state index is 13.1. The van der Waals surface area contributed by atoms with Crippen molar-refractivity contribution in [2.24, 2.45) is 0 Å². The average molecular weight is 432 g/mol. The molecular formula is C23H29FN2O5. The van der Waals surface area contributed by atoms with Gasteiger partial charge < -0.3 is 29.5 Å². The van der Waals surface area contributed by atoms with Crippen molar-refractivity contribution in [2.45, 2.75) is 18.4 Å². The summed E-state index contributed by atoms with van der Waals surface area (Å²) in [4.78, 5) is 14.8. The van der Waals surface area contributed by atoms with E-state index in [1.807, 2.05) is 0 Å². The Morgan fingerprint density at radius 3 is 2.16 bits per heavy atom. The van der Waals surface area contributed by atoms with Crippen molar-refractivity contribution in [1.82, 2.24) is 10.2 Å². The topological polar surface area (TPSA) is 80.3 Å². The number of piperidine rings is 1. The van der Waals surface area contributed by atoms with E-state index in [0.717, 1.165) is 5.56 Å². The van der Waals surface area contributed by atoms with E-state index in [2.05, 4.69) is 10.2 Å². The number of likely N-dealkylation sites (tertiary alicyclic amines) is 1. The van der Waals surface area contributed by atoms with E-state index in [9.17, 15) is 14.3 Å². The predicted molar refractivity (Wildman–Crippen MR) is 114 cm³/mol. The van der Waals surface area contributed by atoms with E-state index in [1.54, 1.807) is 24.3 Å². The van der Waals surface area contributed by atoms with Crippen LogP contribution < -0.4 is 19.5 Å². The number of hydrogen-bond acceptors (Lipinski definition) is 6. The maximum absolute atomic E-state index is 13.1. The van der Waals surface area contributed by atoms with Gasteiger partial charge in [0.25, 0.3) is 5.91 Å². The fourth-order valence-electron chi connectivity index (χ4n) is 3.84. The molecule has 0 aromatic heterocycles. The summed E-state index contributed by atoms with van der Waals surface area (Å²) in [6, 6.07) is 9.25. The summed E-state index contributed by atoms with van der Waals surface area (Å²) in [6.07, 6.45) is 1.11. The molecule has 0 spiro atoms. The first-order valence-electron chi connectivity index (χ1n) is 10.2. The molecule has 0 bridgehead atoms. The Kier molecular flexibility index (Phi) is 7.35. The molecule has 0 aliphatic carbocycles. The lowest BCUT2D eigenvalue weighted by Crippen LogP contribution is -2.45. The van der Waals surface area contributed by atoms with Crippen LogP contribution in [-0.4, -0.2) is 63.4 Å². The minimum atomic E-state index is -0.941. The molecule has 31 heavy (non-hydrogen) atoms. The molecule has 8 heteroatoms. The molecule has 168 valence electrons. The monoisotopic (exact) mass is 432 g/mol. The van der Waals surface area contributed by atoms with Gasteiger partial charge in [-0.05, 0) is 42.7 Å². The number of benzene rings is 2.